The smallest absolute Gasteiger partial charge is 0.119 e. The van der Waals surface area contributed by atoms with Crippen LogP contribution in [0.15, 0.2) is 24.3 Å². The monoisotopic (exact) mass is 247 g/mol. The molecule has 0 spiro atoms. The standard InChI is InChI=1S/C16H25NO/c1-4-15(5-2)11-16(17,12-15)13-7-9-14(10-8-13)18-6-3/h7-10H,4-6,11-12,17H2,1-3H3. The summed E-state index contributed by atoms with van der Waals surface area (Å²) in [5.74, 6) is 0.932. The molecule has 0 saturated heterocycles. The summed E-state index contributed by atoms with van der Waals surface area (Å²) in [4.78, 5) is 0. The van der Waals surface area contributed by atoms with E-state index in [9.17, 15) is 0 Å². The van der Waals surface area contributed by atoms with Gasteiger partial charge in [-0.2, -0.15) is 0 Å². The first-order valence-corrected chi connectivity index (χ1v) is 7.10. The van der Waals surface area contributed by atoms with Crippen LogP contribution in [0.2, 0.25) is 0 Å². The molecular formula is C16H25NO. The molecule has 1 fully saturated rings. The topological polar surface area (TPSA) is 35.2 Å². The van der Waals surface area contributed by atoms with Gasteiger partial charge in [0.25, 0.3) is 0 Å². The predicted octanol–water partition coefficient (Wildman–Crippen LogP) is 3.84. The lowest BCUT2D eigenvalue weighted by Gasteiger charge is -2.54. The summed E-state index contributed by atoms with van der Waals surface area (Å²) in [6.07, 6.45) is 4.70. The molecule has 1 aromatic carbocycles. The highest BCUT2D eigenvalue weighted by Gasteiger charge is 2.50. The molecule has 100 valence electrons. The second-order valence-corrected chi connectivity index (χ2v) is 5.67. The van der Waals surface area contributed by atoms with E-state index in [0.717, 1.165) is 18.6 Å². The minimum atomic E-state index is -0.114. The molecule has 2 rings (SSSR count). The summed E-state index contributed by atoms with van der Waals surface area (Å²) >= 11 is 0. The maximum atomic E-state index is 6.53. The Hall–Kier alpha value is -1.02. The first-order valence-electron chi connectivity index (χ1n) is 7.10. The quantitative estimate of drug-likeness (QED) is 0.858. The molecule has 0 radical (unpaired) electrons. The van der Waals surface area contributed by atoms with E-state index in [1.165, 1.54) is 18.4 Å². The zero-order valence-corrected chi connectivity index (χ0v) is 11.8. The fourth-order valence-corrected chi connectivity index (χ4v) is 3.29. The van der Waals surface area contributed by atoms with Crippen LogP contribution in [0.4, 0.5) is 0 Å². The van der Waals surface area contributed by atoms with Crippen molar-refractivity contribution in [2.75, 3.05) is 6.61 Å². The van der Waals surface area contributed by atoms with E-state index in [1.807, 2.05) is 19.1 Å². The van der Waals surface area contributed by atoms with Gasteiger partial charge in [-0.15, -0.1) is 0 Å². The molecule has 1 aliphatic carbocycles. The summed E-state index contributed by atoms with van der Waals surface area (Å²) in [5, 5.41) is 0. The fourth-order valence-electron chi connectivity index (χ4n) is 3.29. The highest BCUT2D eigenvalue weighted by atomic mass is 16.5. The van der Waals surface area contributed by atoms with E-state index >= 15 is 0 Å². The average Bonchev–Trinajstić information content (AvgIpc) is 2.36. The van der Waals surface area contributed by atoms with Gasteiger partial charge in [-0.3, -0.25) is 0 Å². The summed E-state index contributed by atoms with van der Waals surface area (Å²) < 4.78 is 5.47. The predicted molar refractivity (Wildman–Crippen MR) is 75.7 cm³/mol. The molecule has 0 unspecified atom stereocenters. The average molecular weight is 247 g/mol. The van der Waals surface area contributed by atoms with Gasteiger partial charge in [0.05, 0.1) is 6.61 Å². The van der Waals surface area contributed by atoms with Gasteiger partial charge in [0.15, 0.2) is 0 Å². The Morgan fingerprint density at radius 1 is 1.06 bits per heavy atom. The molecule has 2 N–H and O–H groups in total. The first kappa shape index (κ1) is 13.4. The molecule has 0 atom stereocenters. The van der Waals surface area contributed by atoms with Gasteiger partial charge in [-0.25, -0.2) is 0 Å². The molecule has 18 heavy (non-hydrogen) atoms. The summed E-state index contributed by atoms with van der Waals surface area (Å²) in [5.41, 5.74) is 8.15. The van der Waals surface area contributed by atoms with E-state index in [2.05, 4.69) is 26.0 Å². The van der Waals surface area contributed by atoms with Crippen molar-refractivity contribution in [1.82, 2.24) is 0 Å². The summed E-state index contributed by atoms with van der Waals surface area (Å²) in [6.45, 7) is 7.27. The highest BCUT2D eigenvalue weighted by molar-refractivity contribution is 5.34. The maximum absolute atomic E-state index is 6.53. The van der Waals surface area contributed by atoms with Gasteiger partial charge in [0.2, 0.25) is 0 Å². The van der Waals surface area contributed by atoms with Crippen molar-refractivity contribution in [3.05, 3.63) is 29.8 Å². The van der Waals surface area contributed by atoms with Crippen LogP contribution in [0.25, 0.3) is 0 Å². The van der Waals surface area contributed by atoms with Gasteiger partial charge in [0, 0.05) is 5.54 Å². The lowest BCUT2D eigenvalue weighted by atomic mass is 9.53. The van der Waals surface area contributed by atoms with Crippen LogP contribution in [0.5, 0.6) is 5.75 Å². The van der Waals surface area contributed by atoms with Crippen LogP contribution in [0.1, 0.15) is 52.0 Å². The van der Waals surface area contributed by atoms with Crippen LogP contribution in [-0.4, -0.2) is 6.61 Å². The summed E-state index contributed by atoms with van der Waals surface area (Å²) in [7, 11) is 0. The number of hydrogen-bond acceptors (Lipinski definition) is 2. The number of rotatable bonds is 5. The molecule has 1 aromatic rings. The molecule has 2 nitrogen and oxygen atoms in total. The van der Waals surface area contributed by atoms with Gasteiger partial charge in [0.1, 0.15) is 5.75 Å². The van der Waals surface area contributed by atoms with Crippen LogP contribution < -0.4 is 10.5 Å². The SMILES string of the molecule is CCOc1ccc(C2(N)CC(CC)(CC)C2)cc1. The Balaban J connectivity index is 2.09. The van der Waals surface area contributed by atoms with Gasteiger partial charge in [-0.05, 0) is 42.9 Å². The minimum Gasteiger partial charge on any atom is -0.494 e. The van der Waals surface area contributed by atoms with E-state index in [1.54, 1.807) is 0 Å². The van der Waals surface area contributed by atoms with Crippen molar-refractivity contribution >= 4 is 0 Å². The Morgan fingerprint density at radius 3 is 2.06 bits per heavy atom. The second kappa shape index (κ2) is 4.93. The Bertz CT molecular complexity index is 384. The summed E-state index contributed by atoms with van der Waals surface area (Å²) in [6, 6.07) is 8.32. The molecule has 0 heterocycles. The van der Waals surface area contributed by atoms with Crippen molar-refractivity contribution in [3.63, 3.8) is 0 Å². The van der Waals surface area contributed by atoms with Crippen molar-refractivity contribution in [2.24, 2.45) is 11.1 Å². The molecule has 0 bridgehead atoms. The third-order valence-corrected chi connectivity index (χ3v) is 4.62. The van der Waals surface area contributed by atoms with Crippen LogP contribution in [0, 0.1) is 5.41 Å². The lowest BCUT2D eigenvalue weighted by molar-refractivity contribution is 0.0166. The van der Waals surface area contributed by atoms with E-state index in [4.69, 9.17) is 10.5 Å². The molecular weight excluding hydrogens is 222 g/mol. The Morgan fingerprint density at radius 2 is 1.61 bits per heavy atom. The van der Waals surface area contributed by atoms with Crippen molar-refractivity contribution in [1.29, 1.82) is 0 Å². The molecule has 0 amide bonds. The maximum Gasteiger partial charge on any atom is 0.119 e. The van der Waals surface area contributed by atoms with Crippen LogP contribution >= 0.6 is 0 Å². The normalized spacial score (nSPS) is 20.2. The molecule has 0 aliphatic heterocycles. The third kappa shape index (κ3) is 2.26. The first-order chi connectivity index (χ1) is 8.57. The van der Waals surface area contributed by atoms with E-state index < -0.39 is 0 Å². The van der Waals surface area contributed by atoms with Crippen molar-refractivity contribution < 1.29 is 4.74 Å². The van der Waals surface area contributed by atoms with Gasteiger partial charge in [-0.1, -0.05) is 38.8 Å². The fraction of sp³-hybridized carbons (Fsp3) is 0.625. The second-order valence-electron chi connectivity index (χ2n) is 5.67. The van der Waals surface area contributed by atoms with Crippen molar-refractivity contribution in [3.8, 4) is 5.75 Å². The largest absolute Gasteiger partial charge is 0.494 e. The number of benzene rings is 1. The zero-order valence-electron chi connectivity index (χ0n) is 11.8. The van der Waals surface area contributed by atoms with E-state index in [0.29, 0.717) is 12.0 Å². The number of nitrogens with two attached hydrogens (primary N) is 1. The molecule has 1 saturated carbocycles. The number of ether oxygens (including phenoxy) is 1. The highest BCUT2D eigenvalue weighted by Crippen LogP contribution is 2.56. The lowest BCUT2D eigenvalue weighted by Crippen LogP contribution is -2.55. The molecule has 2 heteroatoms. The van der Waals surface area contributed by atoms with Crippen LogP contribution in [0.3, 0.4) is 0 Å². The van der Waals surface area contributed by atoms with Gasteiger partial charge < -0.3 is 10.5 Å². The third-order valence-electron chi connectivity index (χ3n) is 4.62. The number of hydrogen-bond donors (Lipinski definition) is 1. The van der Waals surface area contributed by atoms with Gasteiger partial charge >= 0.3 is 0 Å². The Labute approximate surface area is 111 Å². The van der Waals surface area contributed by atoms with Crippen molar-refractivity contribution in [2.45, 2.75) is 52.0 Å². The molecule has 0 aromatic heterocycles. The minimum absolute atomic E-state index is 0.114. The zero-order chi connectivity index (χ0) is 13.2. The molecule has 1 aliphatic rings. The van der Waals surface area contributed by atoms with Crippen LogP contribution in [-0.2, 0) is 5.54 Å². The van der Waals surface area contributed by atoms with E-state index in [-0.39, 0.29) is 5.54 Å². The Kier molecular flexibility index (Phi) is 3.67.